The third kappa shape index (κ3) is 4.73. The number of alkyl halides is 3. The van der Waals surface area contributed by atoms with Gasteiger partial charge >= 0.3 is 6.18 Å². The maximum Gasteiger partial charge on any atom is 0.416 e. The predicted octanol–water partition coefficient (Wildman–Crippen LogP) is 4.16. The number of nitrogens with one attached hydrogen (secondary N) is 1. The molecule has 2 aromatic rings. The van der Waals surface area contributed by atoms with Crippen LogP contribution in [0.1, 0.15) is 43.7 Å². The topological polar surface area (TPSA) is 58.4 Å². The molecule has 1 aliphatic rings. The Morgan fingerprint density at radius 1 is 1.36 bits per heavy atom. The quantitative estimate of drug-likeness (QED) is 0.798. The minimum atomic E-state index is -4.42. The number of hydrogen-bond donors (Lipinski definition) is 1. The first kappa shape index (κ1) is 20.4. The highest BCUT2D eigenvalue weighted by Crippen LogP contribution is 2.32. The Kier molecular flexibility index (Phi) is 5.79. The Bertz CT molecular complexity index is 845. The molecule has 0 spiro atoms. The maximum atomic E-state index is 13.0. The number of rotatable bonds is 6. The molecule has 28 heavy (non-hydrogen) atoms. The second-order valence-electron chi connectivity index (χ2n) is 7.43. The van der Waals surface area contributed by atoms with E-state index in [0.717, 1.165) is 18.6 Å². The minimum Gasteiger partial charge on any atom is -0.441 e. The Hall–Kier alpha value is -2.35. The average Bonchev–Trinajstić information content (AvgIpc) is 3.19. The molecule has 1 fully saturated rings. The van der Waals surface area contributed by atoms with Crippen molar-refractivity contribution in [1.82, 2.24) is 15.2 Å². The van der Waals surface area contributed by atoms with Gasteiger partial charge in [0.1, 0.15) is 5.76 Å². The number of benzene rings is 1. The first-order chi connectivity index (χ1) is 13.1. The van der Waals surface area contributed by atoms with Crippen molar-refractivity contribution in [3.8, 4) is 11.5 Å². The van der Waals surface area contributed by atoms with Gasteiger partial charge in [-0.1, -0.05) is 6.07 Å². The summed E-state index contributed by atoms with van der Waals surface area (Å²) in [6.07, 6.45) is -3.07. The first-order valence-electron chi connectivity index (χ1n) is 9.31. The highest BCUT2D eigenvalue weighted by Gasteiger charge is 2.31. The molecule has 1 atom stereocenters. The van der Waals surface area contributed by atoms with E-state index in [0.29, 0.717) is 36.5 Å². The van der Waals surface area contributed by atoms with Crippen molar-refractivity contribution >= 4 is 5.91 Å². The van der Waals surface area contributed by atoms with Crippen LogP contribution in [-0.4, -0.2) is 34.4 Å². The van der Waals surface area contributed by atoms with E-state index in [-0.39, 0.29) is 23.9 Å². The Balaban J connectivity index is 1.78. The number of carbonyl (C=O) groups excluding carboxylic acids is 1. The Morgan fingerprint density at radius 2 is 2.11 bits per heavy atom. The van der Waals surface area contributed by atoms with Gasteiger partial charge in [0.05, 0.1) is 11.3 Å². The summed E-state index contributed by atoms with van der Waals surface area (Å²) in [4.78, 5) is 18.1. The van der Waals surface area contributed by atoms with E-state index < -0.39 is 11.7 Å². The van der Waals surface area contributed by atoms with Crippen molar-refractivity contribution in [2.24, 2.45) is 0 Å². The van der Waals surface area contributed by atoms with E-state index in [1.807, 2.05) is 0 Å². The van der Waals surface area contributed by atoms with Crippen molar-refractivity contribution in [3.63, 3.8) is 0 Å². The summed E-state index contributed by atoms with van der Waals surface area (Å²) in [5.74, 6) is 0.822. The van der Waals surface area contributed by atoms with Gasteiger partial charge in [-0.25, -0.2) is 4.98 Å². The van der Waals surface area contributed by atoms with Gasteiger partial charge in [0, 0.05) is 37.2 Å². The van der Waals surface area contributed by atoms with Gasteiger partial charge in [-0.2, -0.15) is 13.2 Å². The van der Waals surface area contributed by atoms with E-state index in [1.165, 1.54) is 6.07 Å². The molecule has 3 rings (SSSR count). The number of oxazole rings is 1. The largest absolute Gasteiger partial charge is 0.441 e. The number of nitrogens with zero attached hydrogens (tertiary/aromatic N) is 2. The van der Waals surface area contributed by atoms with Crippen LogP contribution >= 0.6 is 0 Å². The lowest BCUT2D eigenvalue weighted by atomic mass is 10.1. The summed E-state index contributed by atoms with van der Waals surface area (Å²) in [7, 11) is 0. The molecule has 0 saturated carbocycles. The van der Waals surface area contributed by atoms with Gasteiger partial charge < -0.3 is 9.73 Å². The van der Waals surface area contributed by atoms with Crippen molar-refractivity contribution in [3.05, 3.63) is 41.3 Å². The lowest BCUT2D eigenvalue weighted by Crippen LogP contribution is -2.41. The zero-order chi connectivity index (χ0) is 20.5. The molecule has 0 bridgehead atoms. The molecule has 2 heterocycles. The SMILES string of the molecule is Cc1oc(-c2cccc(C(F)(F)F)c2)nc1CN(C[C@H]1CCC(=O)N1)C(C)C. The summed E-state index contributed by atoms with van der Waals surface area (Å²) >= 11 is 0. The predicted molar refractivity (Wildman–Crippen MR) is 98.4 cm³/mol. The molecule has 0 radical (unpaired) electrons. The fraction of sp³-hybridized carbons (Fsp3) is 0.500. The van der Waals surface area contributed by atoms with Crippen LogP contribution in [0.3, 0.4) is 0 Å². The van der Waals surface area contributed by atoms with Crippen molar-refractivity contribution in [1.29, 1.82) is 0 Å². The molecule has 8 heteroatoms. The first-order valence-corrected chi connectivity index (χ1v) is 9.31. The molecule has 1 aromatic carbocycles. The van der Waals surface area contributed by atoms with Crippen LogP contribution in [0, 0.1) is 6.92 Å². The van der Waals surface area contributed by atoms with Crippen LogP contribution in [0.5, 0.6) is 0 Å². The standard InChI is InChI=1S/C20H24F3N3O2/c1-12(2)26(10-16-7-8-18(27)24-16)11-17-13(3)28-19(25-17)14-5-4-6-15(9-14)20(21,22)23/h4-6,9,12,16H,7-8,10-11H2,1-3H3,(H,24,27)/t16-/m1/s1. The van der Waals surface area contributed by atoms with Gasteiger partial charge in [0.2, 0.25) is 11.8 Å². The van der Waals surface area contributed by atoms with Gasteiger partial charge in [-0.3, -0.25) is 9.69 Å². The number of halogens is 3. The number of carbonyl (C=O) groups is 1. The van der Waals surface area contributed by atoms with Gasteiger partial charge in [0.25, 0.3) is 0 Å². The zero-order valence-corrected chi connectivity index (χ0v) is 16.1. The number of aromatic nitrogens is 1. The van der Waals surface area contributed by atoms with E-state index in [2.05, 4.69) is 29.0 Å². The monoisotopic (exact) mass is 395 g/mol. The highest BCUT2D eigenvalue weighted by atomic mass is 19.4. The second-order valence-corrected chi connectivity index (χ2v) is 7.43. The van der Waals surface area contributed by atoms with Crippen LogP contribution in [0.2, 0.25) is 0 Å². The van der Waals surface area contributed by atoms with Gasteiger partial charge in [-0.05, 0) is 45.4 Å². The van der Waals surface area contributed by atoms with Crippen LogP contribution in [0.25, 0.3) is 11.5 Å². The second kappa shape index (κ2) is 7.95. The third-order valence-electron chi connectivity index (χ3n) is 4.95. The summed E-state index contributed by atoms with van der Waals surface area (Å²) in [6.45, 7) is 7.06. The third-order valence-corrected chi connectivity index (χ3v) is 4.95. The van der Waals surface area contributed by atoms with E-state index in [4.69, 9.17) is 4.42 Å². The lowest BCUT2D eigenvalue weighted by Gasteiger charge is -2.28. The molecule has 0 unspecified atom stereocenters. The fourth-order valence-corrected chi connectivity index (χ4v) is 3.27. The normalized spacial score (nSPS) is 17.6. The summed E-state index contributed by atoms with van der Waals surface area (Å²) in [5, 5.41) is 2.96. The van der Waals surface area contributed by atoms with Crippen LogP contribution in [0.15, 0.2) is 28.7 Å². The molecule has 1 amide bonds. The van der Waals surface area contributed by atoms with Gasteiger partial charge in [0.15, 0.2) is 0 Å². The molecular weight excluding hydrogens is 371 g/mol. The summed E-state index contributed by atoms with van der Waals surface area (Å²) < 4.78 is 44.5. The maximum absolute atomic E-state index is 13.0. The zero-order valence-electron chi connectivity index (χ0n) is 16.1. The summed E-state index contributed by atoms with van der Waals surface area (Å²) in [6, 6.07) is 5.29. The molecule has 1 N–H and O–H groups in total. The summed E-state index contributed by atoms with van der Waals surface area (Å²) in [5.41, 5.74) is 0.247. The number of aryl methyl sites for hydroxylation is 1. The van der Waals surface area contributed by atoms with Crippen LogP contribution in [-0.2, 0) is 17.5 Å². The Labute approximate surface area is 161 Å². The molecule has 1 aliphatic heterocycles. The van der Waals surface area contributed by atoms with Gasteiger partial charge in [-0.15, -0.1) is 0 Å². The average molecular weight is 395 g/mol. The Morgan fingerprint density at radius 3 is 2.71 bits per heavy atom. The van der Waals surface area contributed by atoms with Crippen molar-refractivity contribution < 1.29 is 22.4 Å². The molecular formula is C20H24F3N3O2. The van der Waals surface area contributed by atoms with E-state index in [1.54, 1.807) is 13.0 Å². The molecule has 1 saturated heterocycles. The molecule has 1 aromatic heterocycles. The smallest absolute Gasteiger partial charge is 0.416 e. The fourth-order valence-electron chi connectivity index (χ4n) is 3.27. The molecule has 0 aliphatic carbocycles. The lowest BCUT2D eigenvalue weighted by molar-refractivity contribution is -0.137. The minimum absolute atomic E-state index is 0.0677. The van der Waals surface area contributed by atoms with Crippen LogP contribution < -0.4 is 5.32 Å². The van der Waals surface area contributed by atoms with E-state index >= 15 is 0 Å². The van der Waals surface area contributed by atoms with Crippen LogP contribution in [0.4, 0.5) is 13.2 Å². The van der Waals surface area contributed by atoms with Crippen molar-refractivity contribution in [2.75, 3.05) is 6.54 Å². The number of amides is 1. The number of hydrogen-bond acceptors (Lipinski definition) is 4. The van der Waals surface area contributed by atoms with Crippen molar-refractivity contribution in [2.45, 2.75) is 58.4 Å². The molecule has 5 nitrogen and oxygen atoms in total. The highest BCUT2D eigenvalue weighted by molar-refractivity contribution is 5.78. The van der Waals surface area contributed by atoms with E-state index in [9.17, 15) is 18.0 Å². The molecule has 152 valence electrons.